The Morgan fingerprint density at radius 3 is 2.80 bits per heavy atom. The summed E-state index contributed by atoms with van der Waals surface area (Å²) in [6.45, 7) is 2.51. The van der Waals surface area contributed by atoms with Crippen LogP contribution in [0.2, 0.25) is 0 Å². The van der Waals surface area contributed by atoms with Crippen LogP contribution in [0.1, 0.15) is 18.9 Å². The van der Waals surface area contributed by atoms with E-state index in [-0.39, 0.29) is 17.7 Å². The Morgan fingerprint density at radius 1 is 1.47 bits per heavy atom. The van der Waals surface area contributed by atoms with Crippen LogP contribution < -0.4 is 5.73 Å². The Morgan fingerprint density at radius 2 is 2.20 bits per heavy atom. The maximum absolute atomic E-state index is 13.1. The van der Waals surface area contributed by atoms with Gasteiger partial charge in [0.2, 0.25) is 0 Å². The SMILES string of the molecule is CC(CCO)Sc1cc(F)cc(CN)c1. The Hall–Kier alpha value is -0.580. The predicted molar refractivity (Wildman–Crippen MR) is 61.3 cm³/mol. The Bertz CT molecular complexity index is 319. The third-order valence-corrected chi connectivity index (χ3v) is 3.19. The molecule has 15 heavy (non-hydrogen) atoms. The van der Waals surface area contributed by atoms with E-state index in [0.29, 0.717) is 13.0 Å². The summed E-state index contributed by atoms with van der Waals surface area (Å²) < 4.78 is 13.1. The first-order valence-corrected chi connectivity index (χ1v) is 5.80. The summed E-state index contributed by atoms with van der Waals surface area (Å²) in [6.07, 6.45) is 0.707. The quantitative estimate of drug-likeness (QED) is 0.760. The molecule has 0 aliphatic rings. The molecule has 0 saturated heterocycles. The van der Waals surface area contributed by atoms with Gasteiger partial charge in [-0.15, -0.1) is 11.8 Å². The molecule has 0 aromatic heterocycles. The lowest BCUT2D eigenvalue weighted by Crippen LogP contribution is -2.01. The first-order chi connectivity index (χ1) is 7.15. The van der Waals surface area contributed by atoms with Crippen molar-refractivity contribution in [3.05, 3.63) is 29.6 Å². The monoisotopic (exact) mass is 229 g/mol. The number of nitrogens with two attached hydrogens (primary N) is 1. The molecule has 0 heterocycles. The van der Waals surface area contributed by atoms with Crippen LogP contribution >= 0.6 is 11.8 Å². The molecule has 2 nitrogen and oxygen atoms in total. The van der Waals surface area contributed by atoms with Crippen LogP contribution in [0.15, 0.2) is 23.1 Å². The molecule has 3 N–H and O–H groups in total. The normalized spacial score (nSPS) is 12.8. The van der Waals surface area contributed by atoms with Crippen molar-refractivity contribution < 1.29 is 9.50 Å². The molecule has 1 unspecified atom stereocenters. The number of halogens is 1. The maximum atomic E-state index is 13.1. The fourth-order valence-corrected chi connectivity index (χ4v) is 2.37. The van der Waals surface area contributed by atoms with E-state index >= 15 is 0 Å². The van der Waals surface area contributed by atoms with Gasteiger partial charge in [-0.1, -0.05) is 6.92 Å². The van der Waals surface area contributed by atoms with Crippen LogP contribution in [0.25, 0.3) is 0 Å². The Labute approximate surface area is 93.7 Å². The second kappa shape index (κ2) is 6.10. The third kappa shape index (κ3) is 4.20. The largest absolute Gasteiger partial charge is 0.396 e. The standard InChI is InChI=1S/C11H16FNOS/c1-8(2-3-14)15-11-5-9(7-13)4-10(12)6-11/h4-6,8,14H,2-3,7,13H2,1H3. The highest BCUT2D eigenvalue weighted by atomic mass is 32.2. The molecule has 0 saturated carbocycles. The van der Waals surface area contributed by atoms with Gasteiger partial charge >= 0.3 is 0 Å². The Balaban J connectivity index is 2.71. The number of aliphatic hydroxyl groups is 1. The molecule has 0 radical (unpaired) electrons. The summed E-state index contributed by atoms with van der Waals surface area (Å²) in [4.78, 5) is 0.872. The van der Waals surface area contributed by atoms with Gasteiger partial charge in [-0.2, -0.15) is 0 Å². The maximum Gasteiger partial charge on any atom is 0.124 e. The van der Waals surface area contributed by atoms with E-state index in [9.17, 15) is 4.39 Å². The van der Waals surface area contributed by atoms with Crippen LogP contribution in [0.4, 0.5) is 4.39 Å². The number of benzene rings is 1. The summed E-state index contributed by atoms with van der Waals surface area (Å²) in [5, 5.41) is 9.04. The van der Waals surface area contributed by atoms with E-state index in [1.807, 2.05) is 13.0 Å². The highest BCUT2D eigenvalue weighted by Gasteiger charge is 2.06. The van der Waals surface area contributed by atoms with Gasteiger partial charge in [0, 0.05) is 23.3 Å². The highest BCUT2D eigenvalue weighted by molar-refractivity contribution is 7.99. The van der Waals surface area contributed by atoms with Crippen LogP contribution in [0.5, 0.6) is 0 Å². The van der Waals surface area contributed by atoms with Crippen molar-refractivity contribution in [3.8, 4) is 0 Å². The Kier molecular flexibility index (Phi) is 5.08. The fraction of sp³-hybridized carbons (Fsp3) is 0.455. The molecule has 1 aromatic carbocycles. The van der Waals surface area contributed by atoms with Crippen molar-refractivity contribution in [3.63, 3.8) is 0 Å². The van der Waals surface area contributed by atoms with Crippen molar-refractivity contribution in [2.75, 3.05) is 6.61 Å². The molecule has 1 rings (SSSR count). The number of rotatable bonds is 5. The number of aliphatic hydroxyl groups excluding tert-OH is 1. The van der Waals surface area contributed by atoms with Crippen molar-refractivity contribution >= 4 is 11.8 Å². The summed E-state index contributed by atoms with van der Waals surface area (Å²) in [7, 11) is 0. The summed E-state index contributed by atoms with van der Waals surface area (Å²) >= 11 is 1.56. The average molecular weight is 229 g/mol. The molecule has 1 aromatic rings. The topological polar surface area (TPSA) is 46.2 Å². The van der Waals surface area contributed by atoms with Gasteiger partial charge in [-0.25, -0.2) is 4.39 Å². The zero-order valence-electron chi connectivity index (χ0n) is 8.74. The highest BCUT2D eigenvalue weighted by Crippen LogP contribution is 2.26. The number of hydrogen-bond acceptors (Lipinski definition) is 3. The van der Waals surface area contributed by atoms with Gasteiger partial charge < -0.3 is 10.8 Å². The van der Waals surface area contributed by atoms with E-state index in [2.05, 4.69) is 0 Å². The average Bonchev–Trinajstić information content (AvgIpc) is 2.17. The van der Waals surface area contributed by atoms with E-state index < -0.39 is 0 Å². The van der Waals surface area contributed by atoms with Gasteiger partial charge in [0.15, 0.2) is 0 Å². The first-order valence-electron chi connectivity index (χ1n) is 4.92. The molecule has 1 atom stereocenters. The molecule has 4 heteroatoms. The second-order valence-electron chi connectivity index (χ2n) is 3.44. The predicted octanol–water partition coefficient (Wildman–Crippen LogP) is 2.15. The lowest BCUT2D eigenvalue weighted by molar-refractivity contribution is 0.289. The fourth-order valence-electron chi connectivity index (χ4n) is 1.28. The van der Waals surface area contributed by atoms with Crippen molar-refractivity contribution in [2.24, 2.45) is 5.73 Å². The lowest BCUT2D eigenvalue weighted by Gasteiger charge is -2.10. The van der Waals surface area contributed by atoms with E-state index in [1.165, 1.54) is 12.1 Å². The summed E-state index contributed by atoms with van der Waals surface area (Å²) in [5.41, 5.74) is 6.26. The minimum Gasteiger partial charge on any atom is -0.396 e. The first kappa shape index (κ1) is 12.5. The van der Waals surface area contributed by atoms with Gasteiger partial charge in [0.05, 0.1) is 0 Å². The van der Waals surface area contributed by atoms with E-state index in [0.717, 1.165) is 10.5 Å². The zero-order valence-corrected chi connectivity index (χ0v) is 9.56. The van der Waals surface area contributed by atoms with Gasteiger partial charge in [0.1, 0.15) is 5.82 Å². The van der Waals surface area contributed by atoms with Crippen LogP contribution in [-0.4, -0.2) is 17.0 Å². The second-order valence-corrected chi connectivity index (χ2v) is 4.95. The van der Waals surface area contributed by atoms with Gasteiger partial charge in [-0.05, 0) is 30.2 Å². The van der Waals surface area contributed by atoms with Crippen LogP contribution in [-0.2, 0) is 6.54 Å². The number of thioether (sulfide) groups is 1. The van der Waals surface area contributed by atoms with E-state index in [4.69, 9.17) is 10.8 Å². The molecule has 84 valence electrons. The minimum absolute atomic E-state index is 0.160. The van der Waals surface area contributed by atoms with Crippen molar-refractivity contribution in [1.82, 2.24) is 0 Å². The third-order valence-electron chi connectivity index (χ3n) is 2.04. The minimum atomic E-state index is -0.253. The summed E-state index contributed by atoms with van der Waals surface area (Å²) in [6, 6.07) is 4.83. The molecule has 0 spiro atoms. The molecular weight excluding hydrogens is 213 g/mol. The van der Waals surface area contributed by atoms with Gasteiger partial charge in [-0.3, -0.25) is 0 Å². The molecule has 0 amide bonds. The molecule has 0 aliphatic carbocycles. The molecular formula is C11H16FNOS. The lowest BCUT2D eigenvalue weighted by atomic mass is 10.2. The molecule has 0 fully saturated rings. The molecule has 0 bridgehead atoms. The summed E-state index contributed by atoms with van der Waals surface area (Å²) in [5.74, 6) is -0.253. The van der Waals surface area contributed by atoms with Crippen LogP contribution in [0.3, 0.4) is 0 Å². The van der Waals surface area contributed by atoms with Gasteiger partial charge in [0.25, 0.3) is 0 Å². The zero-order chi connectivity index (χ0) is 11.3. The van der Waals surface area contributed by atoms with Crippen LogP contribution in [0, 0.1) is 5.82 Å². The van der Waals surface area contributed by atoms with Crippen molar-refractivity contribution in [1.29, 1.82) is 0 Å². The van der Waals surface area contributed by atoms with E-state index in [1.54, 1.807) is 11.8 Å². The smallest absolute Gasteiger partial charge is 0.124 e. The number of hydrogen-bond donors (Lipinski definition) is 2. The van der Waals surface area contributed by atoms with Crippen molar-refractivity contribution in [2.45, 2.75) is 30.0 Å². The molecule has 0 aliphatic heterocycles.